The Morgan fingerprint density at radius 2 is 1.94 bits per heavy atom. The average molecular weight is 231 g/mol. The van der Waals surface area contributed by atoms with Crippen molar-refractivity contribution in [3.8, 4) is 5.69 Å². The molecule has 2 N–H and O–H groups in total. The number of aromatic nitrogens is 3. The Balaban J connectivity index is 2.56. The van der Waals surface area contributed by atoms with E-state index in [2.05, 4.69) is 28.3 Å². The molecule has 90 valence electrons. The van der Waals surface area contributed by atoms with Crippen molar-refractivity contribution in [2.45, 2.75) is 13.8 Å². The molecular formula is C12H17N5. The zero-order chi connectivity index (χ0) is 12.6. The van der Waals surface area contributed by atoms with Crippen LogP contribution in [0.3, 0.4) is 0 Å². The van der Waals surface area contributed by atoms with Crippen LogP contribution in [0.1, 0.15) is 11.1 Å². The number of hydrogen-bond acceptors (Lipinski definition) is 4. The van der Waals surface area contributed by atoms with Crippen LogP contribution in [0.15, 0.2) is 18.2 Å². The summed E-state index contributed by atoms with van der Waals surface area (Å²) in [5, 5.41) is 4.39. The summed E-state index contributed by atoms with van der Waals surface area (Å²) in [5.74, 6) is 1.02. The molecule has 2 aromatic rings. The molecule has 0 unspecified atom stereocenters. The van der Waals surface area contributed by atoms with Gasteiger partial charge in [0.15, 0.2) is 0 Å². The van der Waals surface area contributed by atoms with Gasteiger partial charge in [0.2, 0.25) is 11.9 Å². The van der Waals surface area contributed by atoms with Crippen LogP contribution in [0.2, 0.25) is 0 Å². The van der Waals surface area contributed by atoms with Gasteiger partial charge >= 0.3 is 0 Å². The maximum atomic E-state index is 5.89. The van der Waals surface area contributed by atoms with E-state index in [0.29, 0.717) is 11.9 Å². The fourth-order valence-electron chi connectivity index (χ4n) is 1.63. The van der Waals surface area contributed by atoms with Gasteiger partial charge < -0.3 is 10.6 Å². The standard InChI is InChI=1S/C12H17N5/c1-8-5-6-9(2)10(7-8)17-11(13)14-12(15-17)16(3)4/h5-7H,1-4H3,(H2,13,14,15). The monoisotopic (exact) mass is 231 g/mol. The molecule has 0 aliphatic carbocycles. The molecule has 0 atom stereocenters. The summed E-state index contributed by atoms with van der Waals surface area (Å²) in [4.78, 5) is 6.04. The molecule has 0 radical (unpaired) electrons. The maximum absolute atomic E-state index is 5.89. The Morgan fingerprint density at radius 1 is 1.24 bits per heavy atom. The molecule has 1 heterocycles. The van der Waals surface area contributed by atoms with Gasteiger partial charge in [-0.25, -0.2) is 0 Å². The minimum absolute atomic E-state index is 0.405. The largest absolute Gasteiger partial charge is 0.368 e. The van der Waals surface area contributed by atoms with Crippen molar-refractivity contribution >= 4 is 11.9 Å². The van der Waals surface area contributed by atoms with E-state index < -0.39 is 0 Å². The van der Waals surface area contributed by atoms with E-state index in [1.165, 1.54) is 5.56 Å². The molecule has 0 amide bonds. The highest BCUT2D eigenvalue weighted by Gasteiger charge is 2.11. The number of aryl methyl sites for hydroxylation is 2. The first-order valence-corrected chi connectivity index (χ1v) is 5.46. The second-order valence-corrected chi connectivity index (χ2v) is 4.37. The van der Waals surface area contributed by atoms with E-state index in [4.69, 9.17) is 5.73 Å². The predicted molar refractivity (Wildman–Crippen MR) is 69.6 cm³/mol. The van der Waals surface area contributed by atoms with Gasteiger partial charge in [0, 0.05) is 14.1 Å². The molecular weight excluding hydrogens is 214 g/mol. The van der Waals surface area contributed by atoms with Crippen molar-refractivity contribution in [1.82, 2.24) is 14.8 Å². The number of benzene rings is 1. The highest BCUT2D eigenvalue weighted by Crippen LogP contribution is 2.19. The summed E-state index contributed by atoms with van der Waals surface area (Å²) in [7, 11) is 3.78. The number of rotatable bonds is 2. The van der Waals surface area contributed by atoms with Crippen LogP contribution >= 0.6 is 0 Å². The van der Waals surface area contributed by atoms with Gasteiger partial charge in [0.05, 0.1) is 5.69 Å². The lowest BCUT2D eigenvalue weighted by Crippen LogP contribution is -2.11. The molecule has 5 heteroatoms. The summed E-state index contributed by atoms with van der Waals surface area (Å²) in [6.45, 7) is 4.08. The van der Waals surface area contributed by atoms with Crippen LogP contribution in [0.5, 0.6) is 0 Å². The van der Waals surface area contributed by atoms with Crippen LogP contribution < -0.4 is 10.6 Å². The quantitative estimate of drug-likeness (QED) is 0.851. The average Bonchev–Trinajstić information content (AvgIpc) is 2.64. The third-order valence-electron chi connectivity index (χ3n) is 2.61. The second-order valence-electron chi connectivity index (χ2n) is 4.37. The number of hydrogen-bond donors (Lipinski definition) is 1. The molecule has 0 bridgehead atoms. The maximum Gasteiger partial charge on any atom is 0.246 e. The number of nitrogen functional groups attached to an aromatic ring is 1. The van der Waals surface area contributed by atoms with Gasteiger partial charge in [-0.15, -0.1) is 5.10 Å². The van der Waals surface area contributed by atoms with Crippen molar-refractivity contribution in [1.29, 1.82) is 0 Å². The third-order valence-corrected chi connectivity index (χ3v) is 2.61. The lowest BCUT2D eigenvalue weighted by atomic mass is 10.1. The van der Waals surface area contributed by atoms with E-state index in [0.717, 1.165) is 11.3 Å². The summed E-state index contributed by atoms with van der Waals surface area (Å²) in [6, 6.07) is 6.18. The van der Waals surface area contributed by atoms with E-state index >= 15 is 0 Å². The summed E-state index contributed by atoms with van der Waals surface area (Å²) >= 11 is 0. The molecule has 0 fully saturated rings. The highest BCUT2D eigenvalue weighted by molar-refractivity contribution is 5.48. The van der Waals surface area contributed by atoms with E-state index in [-0.39, 0.29) is 0 Å². The Hall–Kier alpha value is -2.04. The SMILES string of the molecule is Cc1ccc(C)c(-n2nc(N(C)C)nc2N)c1. The normalized spacial score (nSPS) is 10.6. The smallest absolute Gasteiger partial charge is 0.246 e. The van der Waals surface area contributed by atoms with Gasteiger partial charge in [0.25, 0.3) is 0 Å². The van der Waals surface area contributed by atoms with Crippen molar-refractivity contribution in [2.24, 2.45) is 0 Å². The number of nitrogens with zero attached hydrogens (tertiary/aromatic N) is 4. The van der Waals surface area contributed by atoms with E-state index in [1.54, 1.807) is 4.68 Å². The Morgan fingerprint density at radius 3 is 2.53 bits per heavy atom. The molecule has 2 rings (SSSR count). The van der Waals surface area contributed by atoms with Crippen molar-refractivity contribution in [2.75, 3.05) is 24.7 Å². The molecule has 0 saturated carbocycles. The molecule has 1 aromatic carbocycles. The molecule has 17 heavy (non-hydrogen) atoms. The Bertz CT molecular complexity index is 542. The predicted octanol–water partition coefficient (Wildman–Crippen LogP) is 1.53. The fourth-order valence-corrected chi connectivity index (χ4v) is 1.63. The summed E-state index contributed by atoms with van der Waals surface area (Å²) < 4.78 is 1.68. The molecule has 0 saturated heterocycles. The Labute approximate surface area is 101 Å². The lowest BCUT2D eigenvalue weighted by molar-refractivity contribution is 0.867. The Kier molecular flexibility index (Phi) is 2.75. The van der Waals surface area contributed by atoms with Crippen LogP contribution in [-0.2, 0) is 0 Å². The molecule has 0 spiro atoms. The molecule has 5 nitrogen and oxygen atoms in total. The van der Waals surface area contributed by atoms with Gasteiger partial charge in [0.1, 0.15) is 0 Å². The third kappa shape index (κ3) is 2.08. The molecule has 0 aliphatic heterocycles. The van der Waals surface area contributed by atoms with Gasteiger partial charge in [-0.1, -0.05) is 12.1 Å². The van der Waals surface area contributed by atoms with Crippen LogP contribution in [-0.4, -0.2) is 28.9 Å². The summed E-state index contributed by atoms with van der Waals surface area (Å²) in [6.07, 6.45) is 0. The van der Waals surface area contributed by atoms with Crippen molar-refractivity contribution < 1.29 is 0 Å². The van der Waals surface area contributed by atoms with Crippen LogP contribution in [0.25, 0.3) is 5.69 Å². The zero-order valence-electron chi connectivity index (χ0n) is 10.6. The number of anilines is 2. The first-order chi connectivity index (χ1) is 7.99. The molecule has 0 aliphatic rings. The number of nitrogens with two attached hydrogens (primary N) is 1. The van der Waals surface area contributed by atoms with Crippen LogP contribution in [0.4, 0.5) is 11.9 Å². The van der Waals surface area contributed by atoms with E-state index in [9.17, 15) is 0 Å². The minimum Gasteiger partial charge on any atom is -0.368 e. The van der Waals surface area contributed by atoms with Gasteiger partial charge in [-0.3, -0.25) is 0 Å². The second kappa shape index (κ2) is 4.08. The van der Waals surface area contributed by atoms with Gasteiger partial charge in [-0.05, 0) is 31.0 Å². The topological polar surface area (TPSA) is 60.0 Å². The minimum atomic E-state index is 0.405. The van der Waals surface area contributed by atoms with Gasteiger partial charge in [-0.2, -0.15) is 9.67 Å². The van der Waals surface area contributed by atoms with Crippen molar-refractivity contribution in [3.63, 3.8) is 0 Å². The first kappa shape index (κ1) is 11.4. The highest BCUT2D eigenvalue weighted by atomic mass is 15.4. The lowest BCUT2D eigenvalue weighted by Gasteiger charge is -2.08. The van der Waals surface area contributed by atoms with Crippen LogP contribution in [0, 0.1) is 13.8 Å². The zero-order valence-corrected chi connectivity index (χ0v) is 10.6. The summed E-state index contributed by atoms with van der Waals surface area (Å²) in [5.41, 5.74) is 9.16. The fraction of sp³-hybridized carbons (Fsp3) is 0.333. The molecule has 1 aromatic heterocycles. The van der Waals surface area contributed by atoms with E-state index in [1.807, 2.05) is 32.8 Å². The first-order valence-electron chi connectivity index (χ1n) is 5.46. The van der Waals surface area contributed by atoms with Crippen molar-refractivity contribution in [3.05, 3.63) is 29.3 Å².